The second kappa shape index (κ2) is 6.57. The van der Waals surface area contributed by atoms with Gasteiger partial charge in [-0.15, -0.1) is 0 Å². The summed E-state index contributed by atoms with van der Waals surface area (Å²) in [6.07, 6.45) is 3.82. The zero-order valence-corrected chi connectivity index (χ0v) is 11.5. The molecule has 1 amide bonds. The van der Waals surface area contributed by atoms with Crippen LogP contribution >= 0.6 is 0 Å². The predicted octanol–water partition coefficient (Wildman–Crippen LogP) is 2.10. The monoisotopic (exact) mass is 262 g/mol. The minimum absolute atomic E-state index is 0.162. The van der Waals surface area contributed by atoms with Gasteiger partial charge >= 0.3 is 0 Å². The van der Waals surface area contributed by atoms with Crippen molar-refractivity contribution in [3.05, 3.63) is 29.8 Å². The quantitative estimate of drug-likeness (QED) is 0.904. The molecule has 4 heteroatoms. The lowest BCUT2D eigenvalue weighted by Crippen LogP contribution is -2.37. The Hall–Kier alpha value is -1.55. The van der Waals surface area contributed by atoms with Crippen LogP contribution < -0.4 is 10.5 Å². The summed E-state index contributed by atoms with van der Waals surface area (Å²) in [6, 6.07) is 7.36. The number of nitrogens with zero attached hydrogens (tertiary/aromatic N) is 1. The first-order valence-electron chi connectivity index (χ1n) is 6.88. The molecule has 104 valence electrons. The van der Waals surface area contributed by atoms with Crippen molar-refractivity contribution in [1.82, 2.24) is 4.90 Å². The van der Waals surface area contributed by atoms with E-state index in [-0.39, 0.29) is 11.9 Å². The van der Waals surface area contributed by atoms with Gasteiger partial charge in [-0.25, -0.2) is 0 Å². The standard InChI is InChI=1S/C15H22N2O2/c1-19-13-7-5-6-12(10-13)14(16)11-15(18)17-8-3-2-4-9-17/h5-7,10,14H,2-4,8-9,11,16H2,1H3. The lowest BCUT2D eigenvalue weighted by Gasteiger charge is -2.27. The van der Waals surface area contributed by atoms with Crippen LogP contribution in [-0.4, -0.2) is 31.0 Å². The van der Waals surface area contributed by atoms with Gasteiger partial charge < -0.3 is 15.4 Å². The zero-order chi connectivity index (χ0) is 13.7. The molecular formula is C15H22N2O2. The molecule has 0 spiro atoms. The van der Waals surface area contributed by atoms with Crippen molar-refractivity contribution in [2.45, 2.75) is 31.7 Å². The van der Waals surface area contributed by atoms with Gasteiger partial charge in [0.15, 0.2) is 0 Å². The third-order valence-corrected chi connectivity index (χ3v) is 3.63. The number of rotatable bonds is 4. The Morgan fingerprint density at radius 2 is 2.11 bits per heavy atom. The van der Waals surface area contributed by atoms with Crippen LogP contribution in [0.4, 0.5) is 0 Å². The van der Waals surface area contributed by atoms with Gasteiger partial charge in [-0.2, -0.15) is 0 Å². The molecule has 1 fully saturated rings. The molecular weight excluding hydrogens is 240 g/mol. The molecule has 0 bridgehead atoms. The molecule has 0 aromatic heterocycles. The minimum Gasteiger partial charge on any atom is -0.497 e. The largest absolute Gasteiger partial charge is 0.497 e. The van der Waals surface area contributed by atoms with E-state index in [0.717, 1.165) is 37.2 Å². The van der Waals surface area contributed by atoms with E-state index in [2.05, 4.69) is 0 Å². The van der Waals surface area contributed by atoms with E-state index >= 15 is 0 Å². The molecule has 0 saturated carbocycles. The van der Waals surface area contributed by atoms with E-state index in [1.165, 1.54) is 6.42 Å². The summed E-state index contributed by atoms with van der Waals surface area (Å²) < 4.78 is 5.18. The molecule has 1 aromatic rings. The summed E-state index contributed by atoms with van der Waals surface area (Å²) in [4.78, 5) is 14.1. The van der Waals surface area contributed by atoms with Crippen LogP contribution in [0.5, 0.6) is 5.75 Å². The molecule has 0 radical (unpaired) electrons. The van der Waals surface area contributed by atoms with Crippen molar-refractivity contribution in [3.8, 4) is 5.75 Å². The number of carbonyl (C=O) groups excluding carboxylic acids is 1. The third-order valence-electron chi connectivity index (χ3n) is 3.63. The fourth-order valence-corrected chi connectivity index (χ4v) is 2.45. The Labute approximate surface area is 114 Å². The second-order valence-electron chi connectivity index (χ2n) is 5.03. The van der Waals surface area contributed by atoms with E-state index in [0.29, 0.717) is 6.42 Å². The average molecular weight is 262 g/mol. The number of hydrogen-bond acceptors (Lipinski definition) is 3. The maximum Gasteiger partial charge on any atom is 0.224 e. The summed E-state index contributed by atoms with van der Waals surface area (Å²) >= 11 is 0. The predicted molar refractivity (Wildman–Crippen MR) is 75.0 cm³/mol. The number of piperidine rings is 1. The van der Waals surface area contributed by atoms with Crippen molar-refractivity contribution in [2.75, 3.05) is 20.2 Å². The summed E-state index contributed by atoms with van der Waals surface area (Å²) in [7, 11) is 1.63. The van der Waals surface area contributed by atoms with Crippen molar-refractivity contribution in [3.63, 3.8) is 0 Å². The molecule has 2 rings (SSSR count). The highest BCUT2D eigenvalue weighted by Gasteiger charge is 2.19. The van der Waals surface area contributed by atoms with Crippen molar-refractivity contribution in [2.24, 2.45) is 5.73 Å². The highest BCUT2D eigenvalue weighted by atomic mass is 16.5. The summed E-state index contributed by atoms with van der Waals surface area (Å²) in [5.74, 6) is 0.938. The summed E-state index contributed by atoms with van der Waals surface area (Å²) in [5, 5.41) is 0. The Kier molecular flexibility index (Phi) is 4.80. The molecule has 19 heavy (non-hydrogen) atoms. The number of carbonyl (C=O) groups is 1. The van der Waals surface area contributed by atoms with Gasteiger partial charge in [0.25, 0.3) is 0 Å². The number of benzene rings is 1. The zero-order valence-electron chi connectivity index (χ0n) is 11.5. The first-order chi connectivity index (χ1) is 9.20. The Morgan fingerprint density at radius 1 is 1.37 bits per heavy atom. The molecule has 1 saturated heterocycles. The highest BCUT2D eigenvalue weighted by molar-refractivity contribution is 5.77. The Balaban J connectivity index is 1.95. The fraction of sp³-hybridized carbons (Fsp3) is 0.533. The van der Waals surface area contributed by atoms with Crippen LogP contribution in [-0.2, 0) is 4.79 Å². The smallest absolute Gasteiger partial charge is 0.224 e. The minimum atomic E-state index is -0.260. The molecule has 0 aliphatic carbocycles. The molecule has 1 aliphatic heterocycles. The van der Waals surface area contributed by atoms with Gasteiger partial charge in [-0.1, -0.05) is 12.1 Å². The molecule has 1 unspecified atom stereocenters. The van der Waals surface area contributed by atoms with Gasteiger partial charge in [0.05, 0.1) is 7.11 Å². The van der Waals surface area contributed by atoms with Gasteiger partial charge in [0.2, 0.25) is 5.91 Å². The average Bonchev–Trinajstić information content (AvgIpc) is 2.48. The van der Waals surface area contributed by atoms with Crippen LogP contribution in [0.15, 0.2) is 24.3 Å². The van der Waals surface area contributed by atoms with Gasteiger partial charge in [0, 0.05) is 25.6 Å². The fourth-order valence-electron chi connectivity index (χ4n) is 2.45. The maximum atomic E-state index is 12.2. The normalized spacial score (nSPS) is 17.1. The lowest BCUT2D eigenvalue weighted by atomic mass is 10.0. The van der Waals surface area contributed by atoms with E-state index < -0.39 is 0 Å². The number of likely N-dealkylation sites (tertiary alicyclic amines) is 1. The number of ether oxygens (including phenoxy) is 1. The van der Waals surface area contributed by atoms with E-state index in [1.807, 2.05) is 29.2 Å². The molecule has 1 atom stereocenters. The molecule has 1 aromatic carbocycles. The molecule has 1 aliphatic rings. The van der Waals surface area contributed by atoms with Crippen LogP contribution in [0.25, 0.3) is 0 Å². The first-order valence-corrected chi connectivity index (χ1v) is 6.88. The maximum absolute atomic E-state index is 12.2. The van der Waals surface area contributed by atoms with Crippen LogP contribution in [0.3, 0.4) is 0 Å². The Bertz CT molecular complexity index is 428. The summed E-state index contributed by atoms with van der Waals surface area (Å²) in [5.41, 5.74) is 7.07. The SMILES string of the molecule is COc1cccc(C(N)CC(=O)N2CCCCC2)c1. The van der Waals surface area contributed by atoms with E-state index in [9.17, 15) is 4.79 Å². The van der Waals surface area contributed by atoms with E-state index in [1.54, 1.807) is 7.11 Å². The molecule has 2 N–H and O–H groups in total. The number of nitrogens with two attached hydrogens (primary N) is 1. The summed E-state index contributed by atoms with van der Waals surface area (Å²) in [6.45, 7) is 1.76. The molecule has 4 nitrogen and oxygen atoms in total. The molecule has 1 heterocycles. The van der Waals surface area contributed by atoms with Crippen molar-refractivity contribution < 1.29 is 9.53 Å². The number of amides is 1. The van der Waals surface area contributed by atoms with Crippen LogP contribution in [0.2, 0.25) is 0 Å². The van der Waals surface area contributed by atoms with Gasteiger partial charge in [0.1, 0.15) is 5.75 Å². The van der Waals surface area contributed by atoms with Crippen molar-refractivity contribution >= 4 is 5.91 Å². The first kappa shape index (κ1) is 13.9. The topological polar surface area (TPSA) is 55.6 Å². The number of methoxy groups -OCH3 is 1. The van der Waals surface area contributed by atoms with Gasteiger partial charge in [-0.3, -0.25) is 4.79 Å². The Morgan fingerprint density at radius 3 is 2.79 bits per heavy atom. The third kappa shape index (κ3) is 3.70. The van der Waals surface area contributed by atoms with Crippen LogP contribution in [0, 0.1) is 0 Å². The second-order valence-corrected chi connectivity index (χ2v) is 5.03. The van der Waals surface area contributed by atoms with E-state index in [4.69, 9.17) is 10.5 Å². The number of hydrogen-bond donors (Lipinski definition) is 1. The lowest BCUT2D eigenvalue weighted by molar-refractivity contribution is -0.132. The van der Waals surface area contributed by atoms with Crippen molar-refractivity contribution in [1.29, 1.82) is 0 Å². The van der Waals surface area contributed by atoms with Crippen LogP contribution in [0.1, 0.15) is 37.3 Å². The van der Waals surface area contributed by atoms with Gasteiger partial charge in [-0.05, 0) is 37.0 Å². The highest BCUT2D eigenvalue weighted by Crippen LogP contribution is 2.21.